The summed E-state index contributed by atoms with van der Waals surface area (Å²) in [6.45, 7) is 7.63. The number of ether oxygens (including phenoxy) is 1. The van der Waals surface area contributed by atoms with Gasteiger partial charge in [0.05, 0.1) is 6.54 Å². The number of amides is 1. The van der Waals surface area contributed by atoms with Gasteiger partial charge in [-0.3, -0.25) is 14.6 Å². The number of benzene rings is 1. The molecule has 1 amide bonds. The third-order valence-corrected chi connectivity index (χ3v) is 4.77. The Morgan fingerprint density at radius 1 is 0.958 bits per heavy atom. The number of hydrogen-bond acceptors (Lipinski definition) is 4. The number of hydrogen-bond donors (Lipinski definition) is 0. The van der Waals surface area contributed by atoms with Crippen LogP contribution in [0, 0.1) is 5.82 Å². The van der Waals surface area contributed by atoms with Gasteiger partial charge < -0.3 is 9.64 Å². The first-order valence-corrected chi connectivity index (χ1v) is 8.81. The van der Waals surface area contributed by atoms with Crippen molar-refractivity contribution in [2.45, 2.75) is 12.8 Å². The smallest absolute Gasteiger partial charge is 0.236 e. The van der Waals surface area contributed by atoms with Gasteiger partial charge in [-0.25, -0.2) is 4.39 Å². The Morgan fingerprint density at radius 3 is 2.25 bits per heavy atom. The van der Waals surface area contributed by atoms with Crippen molar-refractivity contribution in [1.29, 1.82) is 0 Å². The van der Waals surface area contributed by atoms with Gasteiger partial charge in [0.15, 0.2) is 0 Å². The van der Waals surface area contributed by atoms with Crippen LogP contribution in [0.4, 0.5) is 4.39 Å². The number of nitrogens with zero attached hydrogens (tertiary/aromatic N) is 3. The Bertz CT molecular complexity index is 524. The van der Waals surface area contributed by atoms with Crippen molar-refractivity contribution in [3.8, 4) is 5.75 Å². The molecule has 5 nitrogen and oxygen atoms in total. The first-order valence-electron chi connectivity index (χ1n) is 8.81. The molecule has 2 heterocycles. The molecule has 0 aromatic heterocycles. The van der Waals surface area contributed by atoms with E-state index in [1.807, 2.05) is 4.90 Å². The van der Waals surface area contributed by atoms with E-state index in [-0.39, 0.29) is 11.7 Å². The summed E-state index contributed by atoms with van der Waals surface area (Å²) in [6.07, 6.45) is 2.29. The lowest BCUT2D eigenvalue weighted by molar-refractivity contribution is -0.131. The van der Waals surface area contributed by atoms with E-state index in [0.29, 0.717) is 18.9 Å². The molecule has 0 bridgehead atoms. The molecule has 0 unspecified atom stereocenters. The highest BCUT2D eigenvalue weighted by atomic mass is 19.1. The second-order valence-electron chi connectivity index (χ2n) is 6.51. The molecule has 0 aliphatic carbocycles. The zero-order chi connectivity index (χ0) is 16.8. The number of carbonyl (C=O) groups excluding carboxylic acids is 1. The molecule has 3 rings (SSSR count). The molecular weight excluding hydrogens is 309 g/mol. The molecule has 1 aromatic rings. The molecule has 0 saturated carbocycles. The third kappa shape index (κ3) is 4.92. The average Bonchev–Trinajstić information content (AvgIpc) is 3.13. The molecule has 0 atom stereocenters. The van der Waals surface area contributed by atoms with Gasteiger partial charge in [-0.2, -0.15) is 0 Å². The Morgan fingerprint density at radius 2 is 1.58 bits per heavy atom. The topological polar surface area (TPSA) is 36.0 Å². The summed E-state index contributed by atoms with van der Waals surface area (Å²) < 4.78 is 18.5. The molecule has 24 heavy (non-hydrogen) atoms. The molecular formula is C18H26FN3O2. The van der Waals surface area contributed by atoms with Gasteiger partial charge in [-0.1, -0.05) is 0 Å². The molecule has 1 aromatic carbocycles. The summed E-state index contributed by atoms with van der Waals surface area (Å²) >= 11 is 0. The monoisotopic (exact) mass is 335 g/mol. The summed E-state index contributed by atoms with van der Waals surface area (Å²) in [6, 6.07) is 6.12. The standard InChI is InChI=1S/C18H26FN3O2/c19-16-3-5-17(6-4-16)24-14-13-20-9-11-21(12-10-20)15-18(23)22-7-1-2-8-22/h3-6H,1-2,7-15H2. The predicted molar refractivity (Wildman–Crippen MR) is 90.6 cm³/mol. The maximum Gasteiger partial charge on any atom is 0.236 e. The number of halogens is 1. The highest BCUT2D eigenvalue weighted by Crippen LogP contribution is 2.12. The van der Waals surface area contributed by atoms with E-state index < -0.39 is 0 Å². The SMILES string of the molecule is O=C(CN1CCN(CCOc2ccc(F)cc2)CC1)N1CCCC1. The minimum Gasteiger partial charge on any atom is -0.492 e. The normalized spacial score (nSPS) is 19.6. The first kappa shape index (κ1) is 17.2. The van der Waals surface area contributed by atoms with Gasteiger partial charge in [0.2, 0.25) is 5.91 Å². The highest BCUT2D eigenvalue weighted by molar-refractivity contribution is 5.78. The Kier molecular flexibility index (Phi) is 6.04. The fourth-order valence-electron chi connectivity index (χ4n) is 3.25. The van der Waals surface area contributed by atoms with Crippen LogP contribution in [0.2, 0.25) is 0 Å². The minimum atomic E-state index is -0.248. The van der Waals surface area contributed by atoms with Crippen LogP contribution >= 0.6 is 0 Å². The van der Waals surface area contributed by atoms with Gasteiger partial charge in [0.1, 0.15) is 18.2 Å². The fourth-order valence-corrected chi connectivity index (χ4v) is 3.25. The summed E-state index contributed by atoms with van der Waals surface area (Å²) in [4.78, 5) is 18.8. The largest absolute Gasteiger partial charge is 0.492 e. The van der Waals surface area contributed by atoms with E-state index in [4.69, 9.17) is 4.74 Å². The van der Waals surface area contributed by atoms with Crippen LogP contribution in [0.3, 0.4) is 0 Å². The number of piperazine rings is 1. The van der Waals surface area contributed by atoms with Crippen LogP contribution in [0.5, 0.6) is 5.75 Å². The Labute approximate surface area is 143 Å². The van der Waals surface area contributed by atoms with E-state index in [9.17, 15) is 9.18 Å². The quantitative estimate of drug-likeness (QED) is 0.788. The van der Waals surface area contributed by atoms with Crippen LogP contribution in [0.1, 0.15) is 12.8 Å². The molecule has 2 saturated heterocycles. The number of likely N-dealkylation sites (tertiary alicyclic amines) is 1. The molecule has 2 aliphatic rings. The summed E-state index contributed by atoms with van der Waals surface area (Å²) in [5, 5.41) is 0. The average molecular weight is 335 g/mol. The van der Waals surface area contributed by atoms with Crippen molar-refractivity contribution in [1.82, 2.24) is 14.7 Å². The third-order valence-electron chi connectivity index (χ3n) is 4.77. The van der Waals surface area contributed by atoms with Crippen LogP contribution < -0.4 is 4.74 Å². The van der Waals surface area contributed by atoms with Crippen LogP contribution in [0.15, 0.2) is 24.3 Å². The van der Waals surface area contributed by atoms with E-state index in [1.165, 1.54) is 12.1 Å². The highest BCUT2D eigenvalue weighted by Gasteiger charge is 2.23. The Hall–Kier alpha value is -1.66. The van der Waals surface area contributed by atoms with Crippen molar-refractivity contribution in [3.63, 3.8) is 0 Å². The molecule has 0 spiro atoms. The molecule has 0 radical (unpaired) electrons. The first-order chi connectivity index (χ1) is 11.7. The molecule has 132 valence electrons. The van der Waals surface area contributed by atoms with E-state index >= 15 is 0 Å². The number of rotatable bonds is 6. The Balaban J connectivity index is 1.31. The number of carbonyl (C=O) groups is 1. The van der Waals surface area contributed by atoms with Crippen molar-refractivity contribution in [3.05, 3.63) is 30.1 Å². The summed E-state index contributed by atoms with van der Waals surface area (Å²) in [7, 11) is 0. The molecule has 6 heteroatoms. The second-order valence-corrected chi connectivity index (χ2v) is 6.51. The zero-order valence-corrected chi connectivity index (χ0v) is 14.1. The summed E-state index contributed by atoms with van der Waals surface area (Å²) in [5.41, 5.74) is 0. The molecule has 2 fully saturated rings. The summed E-state index contributed by atoms with van der Waals surface area (Å²) in [5.74, 6) is 0.730. The van der Waals surface area contributed by atoms with E-state index in [2.05, 4.69) is 9.80 Å². The van der Waals surface area contributed by atoms with Gasteiger partial charge in [0.25, 0.3) is 0 Å². The lowest BCUT2D eigenvalue weighted by atomic mass is 10.3. The van der Waals surface area contributed by atoms with Crippen molar-refractivity contribution in [2.24, 2.45) is 0 Å². The van der Waals surface area contributed by atoms with Crippen molar-refractivity contribution >= 4 is 5.91 Å². The van der Waals surface area contributed by atoms with Gasteiger partial charge >= 0.3 is 0 Å². The van der Waals surface area contributed by atoms with Crippen molar-refractivity contribution in [2.75, 3.05) is 59.0 Å². The van der Waals surface area contributed by atoms with Crippen LogP contribution in [-0.4, -0.2) is 79.6 Å². The van der Waals surface area contributed by atoms with Gasteiger partial charge in [-0.15, -0.1) is 0 Å². The van der Waals surface area contributed by atoms with E-state index in [1.54, 1.807) is 12.1 Å². The second kappa shape index (κ2) is 8.44. The van der Waals surface area contributed by atoms with Gasteiger partial charge in [-0.05, 0) is 37.1 Å². The zero-order valence-electron chi connectivity index (χ0n) is 14.1. The van der Waals surface area contributed by atoms with Crippen molar-refractivity contribution < 1.29 is 13.9 Å². The fraction of sp³-hybridized carbons (Fsp3) is 0.611. The van der Waals surface area contributed by atoms with Crippen LogP contribution in [0.25, 0.3) is 0 Å². The maximum atomic E-state index is 12.8. The maximum absolute atomic E-state index is 12.8. The molecule has 2 aliphatic heterocycles. The van der Waals surface area contributed by atoms with Crippen LogP contribution in [-0.2, 0) is 4.79 Å². The lowest BCUT2D eigenvalue weighted by Gasteiger charge is -2.34. The predicted octanol–water partition coefficient (Wildman–Crippen LogP) is 1.44. The molecule has 0 N–H and O–H groups in total. The van der Waals surface area contributed by atoms with E-state index in [0.717, 1.165) is 58.7 Å². The van der Waals surface area contributed by atoms with Gasteiger partial charge in [0, 0.05) is 45.8 Å². The lowest BCUT2D eigenvalue weighted by Crippen LogP contribution is -2.50. The minimum absolute atomic E-state index is 0.248.